The average molecular weight is 377 g/mol. The van der Waals surface area contributed by atoms with E-state index >= 15 is 0 Å². The van der Waals surface area contributed by atoms with Crippen LogP contribution < -0.4 is 10.2 Å². The molecule has 0 saturated carbocycles. The first-order valence-electron chi connectivity index (χ1n) is 6.68. The Morgan fingerprint density at radius 3 is 2.55 bits per heavy atom. The Morgan fingerprint density at radius 2 is 1.86 bits per heavy atom. The number of amides is 2. The number of thioether (sulfide) groups is 1. The normalized spacial score (nSPS) is 17.9. The standard InChI is InChI=1S/C16H13BrN2O2S/c1-10-3-2-4-13(9-10)19-15(20)14(22-16(19)21)18-12-7-5-11(17)6-8-12/h2-9,14,18H,1H3/t14-/m0/s1. The lowest BCUT2D eigenvalue weighted by Crippen LogP contribution is -2.34. The van der Waals surface area contributed by atoms with Crippen LogP contribution in [0.25, 0.3) is 0 Å². The Morgan fingerprint density at radius 1 is 1.14 bits per heavy atom. The fourth-order valence-electron chi connectivity index (χ4n) is 2.20. The lowest BCUT2D eigenvalue weighted by atomic mass is 10.2. The number of imide groups is 1. The zero-order valence-electron chi connectivity index (χ0n) is 11.7. The molecule has 0 spiro atoms. The average Bonchev–Trinajstić information content (AvgIpc) is 2.76. The van der Waals surface area contributed by atoms with Gasteiger partial charge in [-0.05, 0) is 60.6 Å². The molecule has 2 aromatic rings. The number of carbonyl (C=O) groups excluding carboxylic acids is 2. The van der Waals surface area contributed by atoms with E-state index in [0.717, 1.165) is 27.5 Å². The number of benzene rings is 2. The third-order valence-corrected chi connectivity index (χ3v) is 4.72. The molecule has 4 nitrogen and oxygen atoms in total. The molecular formula is C16H13BrN2O2S. The molecule has 0 unspecified atom stereocenters. The second-order valence-electron chi connectivity index (χ2n) is 4.93. The summed E-state index contributed by atoms with van der Waals surface area (Å²) in [5, 5.41) is 2.23. The van der Waals surface area contributed by atoms with Crippen molar-refractivity contribution in [3.8, 4) is 0 Å². The maximum Gasteiger partial charge on any atom is 0.295 e. The van der Waals surface area contributed by atoms with Gasteiger partial charge in [-0.3, -0.25) is 9.59 Å². The summed E-state index contributed by atoms with van der Waals surface area (Å²) in [5.74, 6) is -0.247. The highest BCUT2D eigenvalue weighted by atomic mass is 79.9. The Bertz CT molecular complexity index is 733. The van der Waals surface area contributed by atoms with E-state index in [0.29, 0.717) is 5.69 Å². The molecule has 0 aliphatic carbocycles. The molecule has 1 N–H and O–H groups in total. The molecule has 3 rings (SSSR count). The highest BCUT2D eigenvalue weighted by molar-refractivity contribution is 9.10. The maximum absolute atomic E-state index is 12.5. The molecule has 0 bridgehead atoms. The van der Waals surface area contributed by atoms with Crippen LogP contribution in [0.3, 0.4) is 0 Å². The van der Waals surface area contributed by atoms with Crippen molar-refractivity contribution in [2.24, 2.45) is 0 Å². The molecular weight excluding hydrogens is 364 g/mol. The molecule has 2 aromatic carbocycles. The molecule has 1 saturated heterocycles. The predicted octanol–water partition coefficient (Wildman–Crippen LogP) is 4.40. The van der Waals surface area contributed by atoms with Crippen molar-refractivity contribution in [1.82, 2.24) is 0 Å². The van der Waals surface area contributed by atoms with Gasteiger partial charge in [0.15, 0.2) is 5.37 Å². The lowest BCUT2D eigenvalue weighted by Gasteiger charge is -2.15. The molecule has 1 atom stereocenters. The summed E-state index contributed by atoms with van der Waals surface area (Å²) in [6.45, 7) is 1.93. The first-order chi connectivity index (χ1) is 10.5. The van der Waals surface area contributed by atoms with Gasteiger partial charge in [0.1, 0.15) is 0 Å². The molecule has 6 heteroatoms. The number of rotatable bonds is 3. The first kappa shape index (κ1) is 15.1. The van der Waals surface area contributed by atoms with Gasteiger partial charge in [0.25, 0.3) is 11.1 Å². The van der Waals surface area contributed by atoms with Crippen LogP contribution in [0.5, 0.6) is 0 Å². The van der Waals surface area contributed by atoms with Crippen LogP contribution >= 0.6 is 27.7 Å². The zero-order chi connectivity index (χ0) is 15.7. The summed E-state index contributed by atoms with van der Waals surface area (Å²) in [5.41, 5.74) is 2.42. The van der Waals surface area contributed by atoms with Gasteiger partial charge < -0.3 is 5.32 Å². The topological polar surface area (TPSA) is 49.4 Å². The van der Waals surface area contributed by atoms with Gasteiger partial charge in [-0.25, -0.2) is 4.90 Å². The second-order valence-corrected chi connectivity index (χ2v) is 6.90. The smallest absolute Gasteiger partial charge is 0.295 e. The van der Waals surface area contributed by atoms with Crippen LogP contribution in [0.4, 0.5) is 16.2 Å². The lowest BCUT2D eigenvalue weighted by molar-refractivity contribution is -0.116. The summed E-state index contributed by atoms with van der Waals surface area (Å²) < 4.78 is 0.959. The monoisotopic (exact) mass is 376 g/mol. The third-order valence-electron chi connectivity index (χ3n) is 3.25. The molecule has 0 radical (unpaired) electrons. The fourth-order valence-corrected chi connectivity index (χ4v) is 3.37. The van der Waals surface area contributed by atoms with Crippen LogP contribution in [0.1, 0.15) is 5.56 Å². The van der Waals surface area contributed by atoms with Crippen molar-refractivity contribution in [3.63, 3.8) is 0 Å². The van der Waals surface area contributed by atoms with Gasteiger partial charge in [-0.2, -0.15) is 0 Å². The number of hydrogen-bond donors (Lipinski definition) is 1. The maximum atomic E-state index is 12.5. The molecule has 2 amide bonds. The zero-order valence-corrected chi connectivity index (χ0v) is 14.1. The van der Waals surface area contributed by atoms with Gasteiger partial charge in [0.2, 0.25) is 0 Å². The molecule has 1 aliphatic heterocycles. The Hall–Kier alpha value is -1.79. The minimum atomic E-state index is -0.603. The summed E-state index contributed by atoms with van der Waals surface area (Å²) in [6, 6.07) is 14.9. The minimum Gasteiger partial charge on any atom is -0.365 e. The van der Waals surface area contributed by atoms with Crippen LogP contribution in [-0.4, -0.2) is 16.5 Å². The van der Waals surface area contributed by atoms with Crippen molar-refractivity contribution >= 4 is 50.2 Å². The quantitative estimate of drug-likeness (QED) is 0.862. The number of carbonyl (C=O) groups is 2. The van der Waals surface area contributed by atoms with Crippen LogP contribution in [-0.2, 0) is 4.79 Å². The number of halogens is 1. The van der Waals surface area contributed by atoms with Gasteiger partial charge in [-0.15, -0.1) is 0 Å². The third kappa shape index (κ3) is 3.03. The molecule has 22 heavy (non-hydrogen) atoms. The summed E-state index contributed by atoms with van der Waals surface area (Å²) in [6.07, 6.45) is 0. The first-order valence-corrected chi connectivity index (χ1v) is 8.35. The molecule has 112 valence electrons. The van der Waals surface area contributed by atoms with Gasteiger partial charge in [0, 0.05) is 10.2 Å². The largest absolute Gasteiger partial charge is 0.365 e. The van der Waals surface area contributed by atoms with E-state index in [4.69, 9.17) is 0 Å². The van der Waals surface area contributed by atoms with Crippen LogP contribution in [0.2, 0.25) is 0 Å². The molecule has 1 aliphatic rings. The Balaban J connectivity index is 1.81. The van der Waals surface area contributed by atoms with Gasteiger partial charge in [0.05, 0.1) is 5.69 Å². The molecule has 1 heterocycles. The Labute approximate surface area is 141 Å². The number of nitrogens with zero attached hydrogens (tertiary/aromatic N) is 1. The molecule has 0 aromatic heterocycles. The van der Waals surface area contributed by atoms with Crippen LogP contribution in [0.15, 0.2) is 53.0 Å². The van der Waals surface area contributed by atoms with E-state index in [2.05, 4.69) is 21.2 Å². The van der Waals surface area contributed by atoms with E-state index in [1.165, 1.54) is 4.90 Å². The van der Waals surface area contributed by atoms with E-state index in [1.807, 2.05) is 49.4 Å². The number of aryl methyl sites for hydroxylation is 1. The van der Waals surface area contributed by atoms with Crippen molar-refractivity contribution < 1.29 is 9.59 Å². The van der Waals surface area contributed by atoms with Gasteiger partial charge >= 0.3 is 0 Å². The number of nitrogens with one attached hydrogen (secondary N) is 1. The van der Waals surface area contributed by atoms with E-state index in [9.17, 15) is 9.59 Å². The number of anilines is 2. The van der Waals surface area contributed by atoms with E-state index in [-0.39, 0.29) is 11.1 Å². The summed E-state index contributed by atoms with van der Waals surface area (Å²) >= 11 is 4.36. The molecule has 1 fully saturated rings. The van der Waals surface area contributed by atoms with Crippen molar-refractivity contribution in [3.05, 3.63) is 58.6 Å². The minimum absolute atomic E-state index is 0.247. The van der Waals surface area contributed by atoms with E-state index < -0.39 is 5.37 Å². The van der Waals surface area contributed by atoms with Crippen LogP contribution in [0, 0.1) is 6.92 Å². The Kier molecular flexibility index (Phi) is 4.22. The number of hydrogen-bond acceptors (Lipinski definition) is 4. The fraction of sp³-hybridized carbons (Fsp3) is 0.125. The van der Waals surface area contributed by atoms with Crippen molar-refractivity contribution in [1.29, 1.82) is 0 Å². The summed E-state index contributed by atoms with van der Waals surface area (Å²) in [7, 11) is 0. The van der Waals surface area contributed by atoms with E-state index in [1.54, 1.807) is 6.07 Å². The summed E-state index contributed by atoms with van der Waals surface area (Å²) in [4.78, 5) is 25.9. The highest BCUT2D eigenvalue weighted by Gasteiger charge is 2.40. The highest BCUT2D eigenvalue weighted by Crippen LogP contribution is 2.32. The predicted molar refractivity (Wildman–Crippen MR) is 93.2 cm³/mol. The van der Waals surface area contributed by atoms with Gasteiger partial charge in [-0.1, -0.05) is 28.1 Å². The van der Waals surface area contributed by atoms with Crippen molar-refractivity contribution in [2.45, 2.75) is 12.3 Å². The second kappa shape index (κ2) is 6.14. The van der Waals surface area contributed by atoms with Crippen molar-refractivity contribution in [2.75, 3.05) is 10.2 Å². The SMILES string of the molecule is Cc1cccc(N2C(=O)S[C@H](Nc3ccc(Br)cc3)C2=O)c1.